The van der Waals surface area contributed by atoms with Gasteiger partial charge in [-0.1, -0.05) is 0 Å². The van der Waals surface area contributed by atoms with Gasteiger partial charge in [-0.3, -0.25) is 0 Å². The van der Waals surface area contributed by atoms with Crippen LogP contribution in [0.1, 0.15) is 34.1 Å². The van der Waals surface area contributed by atoms with E-state index in [9.17, 15) is 0 Å². The van der Waals surface area contributed by atoms with E-state index in [0.29, 0.717) is 5.92 Å². The molecule has 0 aromatic rings. The van der Waals surface area contributed by atoms with Crippen molar-refractivity contribution >= 4 is 0 Å². The van der Waals surface area contributed by atoms with Crippen LogP contribution in [0.25, 0.3) is 0 Å². The molecule has 0 heterocycles. The van der Waals surface area contributed by atoms with E-state index < -0.39 is 15.8 Å². The first kappa shape index (κ1) is 16.2. The molecule has 0 nitrogen and oxygen atoms in total. The van der Waals surface area contributed by atoms with Gasteiger partial charge in [-0.2, -0.15) is 0 Å². The molecule has 0 aromatic carbocycles. The number of allylic oxidation sites excluding steroid dienone is 4. The van der Waals surface area contributed by atoms with Gasteiger partial charge in [0.1, 0.15) is 0 Å². The third-order valence-corrected chi connectivity index (χ3v) is 12.4. The average Bonchev–Trinajstić information content (AvgIpc) is 1.98. The van der Waals surface area contributed by atoms with E-state index in [1.165, 1.54) is 6.42 Å². The quantitative estimate of drug-likeness (QED) is 0.503. The third-order valence-electron chi connectivity index (χ3n) is 2.63. The standard InChI is InChI=1S/C11H19.4CH3.Ta/c1-10(2)8-6-5-7-9-11(3)4;;;;;/h5-7,10-11H,8H2,1-4H3;4*1H3;/b6-5+,9-7?;;;;;. The van der Waals surface area contributed by atoms with Gasteiger partial charge >= 0.3 is 104 Å². The zero-order chi connectivity index (χ0) is 13.0. The molecule has 0 aliphatic rings. The normalized spacial score (nSPS) is 17.1. The van der Waals surface area contributed by atoms with Gasteiger partial charge in [0.25, 0.3) is 0 Å². The minimum atomic E-state index is -2.51. The summed E-state index contributed by atoms with van der Waals surface area (Å²) in [6.07, 6.45) is 8.19. The van der Waals surface area contributed by atoms with Crippen molar-refractivity contribution in [3.63, 3.8) is 0 Å². The van der Waals surface area contributed by atoms with E-state index in [1.807, 2.05) is 0 Å². The summed E-state index contributed by atoms with van der Waals surface area (Å²) in [5.41, 5.74) is 0. The van der Waals surface area contributed by atoms with Gasteiger partial charge in [0.15, 0.2) is 0 Å². The summed E-state index contributed by atoms with van der Waals surface area (Å²) in [6.45, 7) is 9.19. The Morgan fingerprint density at radius 3 is 1.81 bits per heavy atom. The minimum absolute atomic E-state index is 0.696. The predicted molar refractivity (Wildman–Crippen MR) is 75.0 cm³/mol. The number of rotatable bonds is 5. The van der Waals surface area contributed by atoms with Gasteiger partial charge in [-0.25, -0.2) is 0 Å². The second-order valence-corrected chi connectivity index (χ2v) is 34.9. The summed E-state index contributed by atoms with van der Waals surface area (Å²) >= 11 is -2.51. The molecule has 0 atom stereocenters. The molecule has 16 heavy (non-hydrogen) atoms. The van der Waals surface area contributed by atoms with Gasteiger partial charge in [0, 0.05) is 0 Å². The van der Waals surface area contributed by atoms with E-state index in [0.717, 1.165) is 5.92 Å². The maximum atomic E-state index is 2.52. The van der Waals surface area contributed by atoms with Crippen LogP contribution in [0.3, 0.4) is 0 Å². The molecule has 0 aliphatic carbocycles. The molecular formula is C15H31Ta. The summed E-state index contributed by atoms with van der Waals surface area (Å²) in [5.74, 6) is 1.46. The molecule has 0 aromatic heterocycles. The Hall–Kier alpha value is 0.220. The molecular weight excluding hydrogens is 361 g/mol. The molecule has 0 saturated carbocycles. The predicted octanol–water partition coefficient (Wildman–Crippen LogP) is 6.01. The van der Waals surface area contributed by atoms with Crippen LogP contribution in [-0.4, -0.2) is 0 Å². The first-order chi connectivity index (χ1) is 7.01. The fourth-order valence-electron chi connectivity index (χ4n) is 2.04. The third kappa shape index (κ3) is 6.73. The van der Waals surface area contributed by atoms with Crippen LogP contribution in [-0.2, 0) is 15.8 Å². The summed E-state index contributed by atoms with van der Waals surface area (Å²) in [7, 11) is 0. The van der Waals surface area contributed by atoms with Crippen molar-refractivity contribution in [3.05, 3.63) is 22.0 Å². The van der Waals surface area contributed by atoms with Crippen molar-refractivity contribution in [2.24, 2.45) is 11.8 Å². The molecule has 96 valence electrons. The van der Waals surface area contributed by atoms with Crippen LogP contribution in [0, 0.1) is 11.8 Å². The van der Waals surface area contributed by atoms with Crippen molar-refractivity contribution in [3.8, 4) is 0 Å². The molecule has 0 amide bonds. The molecule has 0 radical (unpaired) electrons. The van der Waals surface area contributed by atoms with Crippen LogP contribution in [0.15, 0.2) is 22.0 Å². The zero-order valence-electron chi connectivity index (χ0n) is 12.5. The van der Waals surface area contributed by atoms with E-state index in [-0.39, 0.29) is 0 Å². The Morgan fingerprint density at radius 1 is 1.00 bits per heavy atom. The second kappa shape index (κ2) is 5.71. The van der Waals surface area contributed by atoms with Crippen LogP contribution >= 0.6 is 0 Å². The molecule has 0 spiro atoms. The summed E-state index contributed by atoms with van der Waals surface area (Å²) in [4.78, 5) is 0. The first-order valence-corrected chi connectivity index (χ1v) is 20.8. The Morgan fingerprint density at radius 2 is 1.50 bits per heavy atom. The Kier molecular flexibility index (Phi) is 5.79. The van der Waals surface area contributed by atoms with Crippen LogP contribution < -0.4 is 0 Å². The molecule has 0 unspecified atom stereocenters. The van der Waals surface area contributed by atoms with Crippen molar-refractivity contribution in [2.45, 2.75) is 54.7 Å². The molecule has 0 bridgehead atoms. The van der Waals surface area contributed by atoms with Crippen molar-refractivity contribution in [1.29, 1.82) is 0 Å². The number of hydrogen-bond acceptors (Lipinski definition) is 0. The molecule has 0 fully saturated rings. The Balaban J connectivity index is 4.83. The van der Waals surface area contributed by atoms with E-state index in [4.69, 9.17) is 0 Å². The fraction of sp³-hybridized carbons (Fsp3) is 0.733. The fourth-order valence-corrected chi connectivity index (χ4v) is 11.9. The molecule has 0 aliphatic heterocycles. The molecule has 0 rings (SSSR count). The summed E-state index contributed by atoms with van der Waals surface area (Å²) in [6, 6.07) is 0. The Bertz CT molecular complexity index is 262. The van der Waals surface area contributed by atoms with Gasteiger partial charge in [-0.05, 0) is 0 Å². The first-order valence-electron chi connectivity index (χ1n) is 6.38. The number of hydrogen-bond donors (Lipinski definition) is 0. The van der Waals surface area contributed by atoms with E-state index in [1.54, 1.807) is 3.79 Å². The van der Waals surface area contributed by atoms with Gasteiger partial charge in [-0.15, -0.1) is 0 Å². The van der Waals surface area contributed by atoms with E-state index in [2.05, 4.69) is 66.5 Å². The molecule has 0 N–H and O–H groups in total. The van der Waals surface area contributed by atoms with Crippen LogP contribution in [0.2, 0.25) is 20.6 Å². The molecule has 1 heteroatoms. The Labute approximate surface area is 104 Å². The van der Waals surface area contributed by atoms with Crippen molar-refractivity contribution in [2.75, 3.05) is 0 Å². The van der Waals surface area contributed by atoms with Gasteiger partial charge in [0.05, 0.1) is 0 Å². The summed E-state index contributed by atoms with van der Waals surface area (Å²) in [5, 5.41) is 10.1. The monoisotopic (exact) mass is 392 g/mol. The average molecular weight is 392 g/mol. The zero-order valence-corrected chi connectivity index (χ0v) is 15.8. The summed E-state index contributed by atoms with van der Waals surface area (Å²) < 4.78 is 1.73. The topological polar surface area (TPSA) is 0 Å². The van der Waals surface area contributed by atoms with Crippen molar-refractivity contribution in [1.82, 2.24) is 0 Å². The SMILES string of the molecule is CC(C)C/C=C/C=[C](\C(C)C)[Ta]([CH3])([CH3])([CH3])[CH3]. The second-order valence-electron chi connectivity index (χ2n) is 7.38. The van der Waals surface area contributed by atoms with Gasteiger partial charge < -0.3 is 0 Å². The maximum absolute atomic E-state index is 2.52. The van der Waals surface area contributed by atoms with Crippen molar-refractivity contribution < 1.29 is 15.8 Å². The van der Waals surface area contributed by atoms with Crippen LogP contribution in [0.5, 0.6) is 0 Å². The van der Waals surface area contributed by atoms with Crippen LogP contribution in [0.4, 0.5) is 0 Å². The molecule has 0 saturated heterocycles. The van der Waals surface area contributed by atoms with E-state index >= 15 is 0 Å². The van der Waals surface area contributed by atoms with Gasteiger partial charge in [0.2, 0.25) is 0 Å².